The number of hydrogen-bond acceptors (Lipinski definition) is 3. The van der Waals surface area contributed by atoms with Gasteiger partial charge in [0.05, 0.1) is 12.7 Å². The van der Waals surface area contributed by atoms with Crippen LogP contribution in [0.15, 0.2) is 0 Å². The molecule has 1 saturated carbocycles. The largest absolute Gasteiger partial charge is 0.377 e. The van der Waals surface area contributed by atoms with E-state index < -0.39 is 0 Å². The van der Waals surface area contributed by atoms with E-state index in [1.807, 2.05) is 0 Å². The number of likely N-dealkylation sites (N-methyl/N-ethyl adjacent to an activating group) is 1. The summed E-state index contributed by atoms with van der Waals surface area (Å²) in [6.45, 7) is 12.5. The van der Waals surface area contributed by atoms with Crippen molar-refractivity contribution in [3.05, 3.63) is 0 Å². The number of hydrogen-bond donors (Lipinski definition) is 1. The molecule has 0 heterocycles. The molecule has 1 aliphatic carbocycles. The van der Waals surface area contributed by atoms with Crippen LogP contribution in [0.25, 0.3) is 0 Å². The van der Waals surface area contributed by atoms with Crippen LogP contribution in [0.4, 0.5) is 0 Å². The predicted molar refractivity (Wildman–Crippen MR) is 82.4 cm³/mol. The average molecular weight is 270 g/mol. The van der Waals surface area contributed by atoms with Crippen LogP contribution in [-0.2, 0) is 4.74 Å². The van der Waals surface area contributed by atoms with Gasteiger partial charge in [0.25, 0.3) is 0 Å². The van der Waals surface area contributed by atoms with Crippen molar-refractivity contribution >= 4 is 0 Å². The zero-order chi connectivity index (χ0) is 14.3. The zero-order valence-electron chi connectivity index (χ0n) is 13.5. The Kier molecular flexibility index (Phi) is 7.33. The highest BCUT2D eigenvalue weighted by atomic mass is 16.5. The molecule has 0 aromatic carbocycles. The second kappa shape index (κ2) is 8.23. The van der Waals surface area contributed by atoms with Crippen LogP contribution in [0.5, 0.6) is 0 Å². The SMILES string of the molecule is CCC1CCC(CN)(N(CC)CCOC(C)C)CC1. The number of ether oxygens (including phenoxy) is 1. The van der Waals surface area contributed by atoms with Crippen molar-refractivity contribution in [1.29, 1.82) is 0 Å². The lowest BCUT2D eigenvalue weighted by molar-refractivity contribution is 0.00321. The van der Waals surface area contributed by atoms with Gasteiger partial charge in [0.1, 0.15) is 0 Å². The van der Waals surface area contributed by atoms with E-state index in [1.54, 1.807) is 0 Å². The van der Waals surface area contributed by atoms with E-state index in [0.29, 0.717) is 6.10 Å². The zero-order valence-corrected chi connectivity index (χ0v) is 13.5. The lowest BCUT2D eigenvalue weighted by atomic mass is 9.74. The minimum Gasteiger partial charge on any atom is -0.377 e. The molecule has 1 rings (SSSR count). The molecular weight excluding hydrogens is 236 g/mol. The molecule has 0 spiro atoms. The maximum atomic E-state index is 6.15. The molecule has 0 atom stereocenters. The van der Waals surface area contributed by atoms with Crippen LogP contribution in [-0.4, -0.2) is 42.8 Å². The van der Waals surface area contributed by atoms with Gasteiger partial charge in [0, 0.05) is 18.6 Å². The molecule has 0 amide bonds. The van der Waals surface area contributed by atoms with Crippen LogP contribution in [0.1, 0.15) is 59.8 Å². The summed E-state index contributed by atoms with van der Waals surface area (Å²) in [5.41, 5.74) is 6.39. The highest BCUT2D eigenvalue weighted by molar-refractivity contribution is 4.95. The summed E-state index contributed by atoms with van der Waals surface area (Å²) in [5, 5.41) is 0. The summed E-state index contributed by atoms with van der Waals surface area (Å²) >= 11 is 0. The van der Waals surface area contributed by atoms with Gasteiger partial charge in [-0.2, -0.15) is 0 Å². The third kappa shape index (κ3) is 4.73. The maximum Gasteiger partial charge on any atom is 0.0597 e. The topological polar surface area (TPSA) is 38.5 Å². The normalized spacial score (nSPS) is 28.3. The van der Waals surface area contributed by atoms with Gasteiger partial charge in [-0.15, -0.1) is 0 Å². The predicted octanol–water partition coefficient (Wildman–Crippen LogP) is 3.03. The second-order valence-electron chi connectivity index (χ2n) is 6.28. The van der Waals surface area contributed by atoms with E-state index in [1.165, 1.54) is 32.1 Å². The Balaban J connectivity index is 2.54. The number of nitrogens with zero attached hydrogens (tertiary/aromatic N) is 1. The van der Waals surface area contributed by atoms with Crippen molar-refractivity contribution in [3.8, 4) is 0 Å². The van der Waals surface area contributed by atoms with E-state index in [9.17, 15) is 0 Å². The smallest absolute Gasteiger partial charge is 0.0597 e. The summed E-state index contributed by atoms with van der Waals surface area (Å²) in [4.78, 5) is 2.57. The minimum absolute atomic E-state index is 0.237. The molecule has 0 aliphatic heterocycles. The minimum atomic E-state index is 0.237. The van der Waals surface area contributed by atoms with Crippen molar-refractivity contribution < 1.29 is 4.74 Å². The van der Waals surface area contributed by atoms with Crippen molar-refractivity contribution in [2.45, 2.75) is 71.4 Å². The number of rotatable bonds is 8. The number of nitrogens with two attached hydrogens (primary N) is 1. The van der Waals surface area contributed by atoms with E-state index in [0.717, 1.165) is 32.2 Å². The molecule has 0 aromatic rings. The van der Waals surface area contributed by atoms with Gasteiger partial charge in [0.15, 0.2) is 0 Å². The molecule has 114 valence electrons. The first-order valence-corrected chi connectivity index (χ1v) is 8.14. The van der Waals surface area contributed by atoms with Crippen molar-refractivity contribution in [2.75, 3.05) is 26.2 Å². The van der Waals surface area contributed by atoms with Crippen LogP contribution in [0.3, 0.4) is 0 Å². The van der Waals surface area contributed by atoms with Crippen LogP contribution in [0, 0.1) is 5.92 Å². The average Bonchev–Trinajstić information content (AvgIpc) is 2.43. The van der Waals surface area contributed by atoms with Gasteiger partial charge >= 0.3 is 0 Å². The molecule has 0 aromatic heterocycles. The van der Waals surface area contributed by atoms with E-state index in [-0.39, 0.29) is 5.54 Å². The summed E-state index contributed by atoms with van der Waals surface area (Å²) in [5.74, 6) is 0.922. The lowest BCUT2D eigenvalue weighted by Gasteiger charge is -2.47. The third-order valence-electron chi connectivity index (χ3n) is 4.86. The Morgan fingerprint density at radius 2 is 1.89 bits per heavy atom. The summed E-state index contributed by atoms with van der Waals surface area (Å²) in [6, 6.07) is 0. The highest BCUT2D eigenvalue weighted by Crippen LogP contribution is 2.37. The molecule has 0 bridgehead atoms. The molecule has 0 radical (unpaired) electrons. The molecule has 0 unspecified atom stereocenters. The fourth-order valence-electron chi connectivity index (χ4n) is 3.40. The highest BCUT2D eigenvalue weighted by Gasteiger charge is 2.37. The summed E-state index contributed by atoms with van der Waals surface area (Å²) < 4.78 is 5.71. The first-order valence-electron chi connectivity index (χ1n) is 8.14. The van der Waals surface area contributed by atoms with E-state index in [4.69, 9.17) is 10.5 Å². The Hall–Kier alpha value is -0.120. The molecule has 0 saturated heterocycles. The van der Waals surface area contributed by atoms with Crippen LogP contribution < -0.4 is 5.73 Å². The van der Waals surface area contributed by atoms with Crippen molar-refractivity contribution in [1.82, 2.24) is 4.90 Å². The fraction of sp³-hybridized carbons (Fsp3) is 1.00. The maximum absolute atomic E-state index is 6.15. The summed E-state index contributed by atoms with van der Waals surface area (Å²) in [6.07, 6.45) is 6.85. The van der Waals surface area contributed by atoms with Crippen molar-refractivity contribution in [2.24, 2.45) is 11.7 Å². The van der Waals surface area contributed by atoms with Crippen LogP contribution in [0.2, 0.25) is 0 Å². The Bertz CT molecular complexity index is 235. The molecule has 19 heavy (non-hydrogen) atoms. The molecule has 2 N–H and O–H groups in total. The Morgan fingerprint density at radius 1 is 1.26 bits per heavy atom. The molecule has 3 heteroatoms. The second-order valence-corrected chi connectivity index (χ2v) is 6.28. The van der Waals surface area contributed by atoms with Gasteiger partial charge in [0.2, 0.25) is 0 Å². The van der Waals surface area contributed by atoms with E-state index >= 15 is 0 Å². The standard InChI is InChI=1S/C16H34N2O/c1-5-15-7-9-16(13-17,10-8-15)18(6-2)11-12-19-14(3)4/h14-15H,5-13,17H2,1-4H3. The van der Waals surface area contributed by atoms with E-state index in [2.05, 4.69) is 32.6 Å². The molecule has 3 nitrogen and oxygen atoms in total. The lowest BCUT2D eigenvalue weighted by Crippen LogP contribution is -2.56. The molecule has 1 fully saturated rings. The Morgan fingerprint density at radius 3 is 2.32 bits per heavy atom. The van der Waals surface area contributed by atoms with Gasteiger partial charge in [-0.25, -0.2) is 0 Å². The molecular formula is C16H34N2O. The molecule has 1 aliphatic rings. The first kappa shape index (κ1) is 16.9. The van der Waals surface area contributed by atoms with Crippen molar-refractivity contribution in [3.63, 3.8) is 0 Å². The van der Waals surface area contributed by atoms with Gasteiger partial charge in [-0.3, -0.25) is 4.90 Å². The summed E-state index contributed by atoms with van der Waals surface area (Å²) in [7, 11) is 0. The first-order chi connectivity index (χ1) is 9.07. The Labute approximate surface area is 119 Å². The van der Waals surface area contributed by atoms with Gasteiger partial charge in [-0.05, 0) is 52.0 Å². The quantitative estimate of drug-likeness (QED) is 0.737. The monoisotopic (exact) mass is 270 g/mol. The van der Waals surface area contributed by atoms with Crippen LogP contribution >= 0.6 is 0 Å². The fourth-order valence-corrected chi connectivity index (χ4v) is 3.40. The third-order valence-corrected chi connectivity index (χ3v) is 4.86. The van der Waals surface area contributed by atoms with Gasteiger partial charge < -0.3 is 10.5 Å². The van der Waals surface area contributed by atoms with Gasteiger partial charge in [-0.1, -0.05) is 20.3 Å².